The van der Waals surface area contributed by atoms with Gasteiger partial charge in [0.1, 0.15) is 5.82 Å². The summed E-state index contributed by atoms with van der Waals surface area (Å²) in [6.07, 6.45) is 1.56. The maximum absolute atomic E-state index is 6.13. The number of rotatable bonds is 1. The van der Waals surface area contributed by atoms with Crippen LogP contribution in [0, 0.1) is 0 Å². The van der Waals surface area contributed by atoms with Crippen molar-refractivity contribution in [1.82, 2.24) is 15.0 Å². The van der Waals surface area contributed by atoms with Gasteiger partial charge in [0.05, 0.1) is 22.4 Å². The van der Waals surface area contributed by atoms with Crippen LogP contribution in [-0.4, -0.2) is 15.0 Å². The van der Waals surface area contributed by atoms with Crippen LogP contribution in [0.1, 0.15) is 0 Å². The first-order valence-corrected chi connectivity index (χ1v) is 5.68. The minimum atomic E-state index is 0.580. The van der Waals surface area contributed by atoms with Crippen molar-refractivity contribution in [2.24, 2.45) is 0 Å². The number of aromatic nitrogens is 3. The van der Waals surface area contributed by atoms with Gasteiger partial charge < -0.3 is 16.5 Å². The Balaban J connectivity index is 2.22. The molecule has 6 heteroatoms. The molecule has 0 atom stereocenters. The Labute approximate surface area is 108 Å². The molecule has 0 aliphatic carbocycles. The molecule has 0 unspecified atom stereocenters. The van der Waals surface area contributed by atoms with Crippen LogP contribution in [0.4, 0.5) is 11.4 Å². The van der Waals surface area contributed by atoms with E-state index in [9.17, 15) is 0 Å². The lowest BCUT2D eigenvalue weighted by Crippen LogP contribution is -1.87. The molecule has 0 radical (unpaired) electrons. The summed E-state index contributed by atoms with van der Waals surface area (Å²) in [7, 11) is 0. The number of aromatic amines is 1. The smallest absolute Gasteiger partial charge is 0.178 e. The Morgan fingerprint density at radius 1 is 1.11 bits per heavy atom. The third kappa shape index (κ3) is 1.74. The molecule has 0 saturated carbocycles. The fraction of sp³-hybridized carbons (Fsp3) is 0. The molecule has 5 nitrogen and oxygen atoms in total. The number of nitrogen functional groups attached to an aromatic ring is 2. The number of anilines is 2. The van der Waals surface area contributed by atoms with E-state index < -0.39 is 0 Å². The fourth-order valence-electron chi connectivity index (χ4n) is 1.77. The summed E-state index contributed by atoms with van der Waals surface area (Å²) in [5.41, 5.74) is 14.7. The molecule has 0 saturated heterocycles. The van der Waals surface area contributed by atoms with Crippen LogP contribution < -0.4 is 11.5 Å². The molecule has 90 valence electrons. The van der Waals surface area contributed by atoms with Crippen LogP contribution >= 0.6 is 11.6 Å². The summed E-state index contributed by atoms with van der Waals surface area (Å²) >= 11 is 6.13. The first-order valence-electron chi connectivity index (χ1n) is 5.30. The second-order valence-corrected chi connectivity index (χ2v) is 4.37. The molecule has 0 aliphatic heterocycles. The van der Waals surface area contributed by atoms with E-state index in [4.69, 9.17) is 23.1 Å². The Morgan fingerprint density at radius 3 is 2.78 bits per heavy atom. The first kappa shape index (κ1) is 10.9. The highest BCUT2D eigenvalue weighted by Gasteiger charge is 2.10. The average Bonchev–Trinajstić information content (AvgIpc) is 2.74. The van der Waals surface area contributed by atoms with Gasteiger partial charge in [0.2, 0.25) is 0 Å². The quantitative estimate of drug-likeness (QED) is 0.585. The zero-order chi connectivity index (χ0) is 12.7. The Hall–Kier alpha value is -2.27. The summed E-state index contributed by atoms with van der Waals surface area (Å²) < 4.78 is 0. The van der Waals surface area contributed by atoms with Gasteiger partial charge in [0, 0.05) is 11.3 Å². The molecule has 3 aromatic rings. The standard InChI is InChI=1S/C12H10ClN5/c13-9-2-1-6(14)3-8(9)11-17-10-4-7(15)5-16-12(10)18-11/h1-5H,14-15H2,(H,16,17,18). The number of imidazole rings is 1. The normalized spacial score (nSPS) is 10.9. The van der Waals surface area contributed by atoms with E-state index in [-0.39, 0.29) is 0 Å². The molecule has 3 rings (SSSR count). The van der Waals surface area contributed by atoms with Gasteiger partial charge in [-0.15, -0.1) is 0 Å². The minimum absolute atomic E-state index is 0.580. The van der Waals surface area contributed by atoms with Gasteiger partial charge in [0.15, 0.2) is 5.65 Å². The van der Waals surface area contributed by atoms with Gasteiger partial charge in [-0.2, -0.15) is 0 Å². The predicted molar refractivity (Wildman–Crippen MR) is 73.2 cm³/mol. The second kappa shape index (κ2) is 3.89. The number of benzene rings is 1. The zero-order valence-electron chi connectivity index (χ0n) is 9.31. The third-order valence-electron chi connectivity index (χ3n) is 2.60. The number of H-pyrrole nitrogens is 1. The van der Waals surface area contributed by atoms with Crippen LogP contribution in [0.3, 0.4) is 0 Å². The van der Waals surface area contributed by atoms with Gasteiger partial charge in [-0.1, -0.05) is 11.6 Å². The molecule has 0 aliphatic rings. The third-order valence-corrected chi connectivity index (χ3v) is 2.93. The van der Waals surface area contributed by atoms with Crippen molar-refractivity contribution in [3.8, 4) is 11.4 Å². The molecule has 0 fully saturated rings. The van der Waals surface area contributed by atoms with Crippen LogP contribution in [0.15, 0.2) is 30.5 Å². The summed E-state index contributed by atoms with van der Waals surface area (Å²) in [6, 6.07) is 7.02. The Kier molecular flexibility index (Phi) is 2.34. The van der Waals surface area contributed by atoms with Crippen LogP contribution in [0.25, 0.3) is 22.6 Å². The monoisotopic (exact) mass is 259 g/mol. The molecule has 0 spiro atoms. The Bertz CT molecular complexity index is 734. The molecular formula is C12H10ClN5. The van der Waals surface area contributed by atoms with Gasteiger partial charge in [-0.25, -0.2) is 9.97 Å². The number of nitrogens with one attached hydrogen (secondary N) is 1. The average molecular weight is 260 g/mol. The number of fused-ring (bicyclic) bond motifs is 1. The van der Waals surface area contributed by atoms with Crippen LogP contribution in [0.2, 0.25) is 5.02 Å². The first-order chi connectivity index (χ1) is 8.63. The fourth-order valence-corrected chi connectivity index (χ4v) is 1.98. The highest BCUT2D eigenvalue weighted by Crippen LogP contribution is 2.29. The molecule has 1 aromatic carbocycles. The minimum Gasteiger partial charge on any atom is -0.399 e. The number of nitrogens with zero attached hydrogens (tertiary/aromatic N) is 2. The number of nitrogens with two attached hydrogens (primary N) is 2. The summed E-state index contributed by atoms with van der Waals surface area (Å²) in [4.78, 5) is 11.6. The Morgan fingerprint density at radius 2 is 1.94 bits per heavy atom. The van der Waals surface area contributed by atoms with Crippen LogP contribution in [0.5, 0.6) is 0 Å². The van der Waals surface area contributed by atoms with Gasteiger partial charge >= 0.3 is 0 Å². The number of halogens is 1. The van der Waals surface area contributed by atoms with Crippen molar-refractivity contribution >= 4 is 34.1 Å². The van der Waals surface area contributed by atoms with E-state index in [1.54, 1.807) is 30.5 Å². The molecule has 2 aromatic heterocycles. The van der Waals surface area contributed by atoms with E-state index in [0.29, 0.717) is 27.9 Å². The maximum atomic E-state index is 6.13. The lowest BCUT2D eigenvalue weighted by Gasteiger charge is -2.01. The SMILES string of the molecule is Nc1ccc(Cl)c(-c2nc3ncc(N)cc3[nH]2)c1. The lowest BCUT2D eigenvalue weighted by atomic mass is 10.2. The molecule has 0 bridgehead atoms. The van der Waals surface area contributed by atoms with Gasteiger partial charge in [0.25, 0.3) is 0 Å². The van der Waals surface area contributed by atoms with Crippen LogP contribution in [-0.2, 0) is 0 Å². The molecule has 0 amide bonds. The molecule has 2 heterocycles. The van der Waals surface area contributed by atoms with E-state index in [2.05, 4.69) is 15.0 Å². The molecule has 5 N–H and O–H groups in total. The van der Waals surface area contributed by atoms with E-state index in [1.165, 1.54) is 0 Å². The summed E-state index contributed by atoms with van der Waals surface area (Å²) in [5.74, 6) is 0.625. The van der Waals surface area contributed by atoms with Gasteiger partial charge in [-0.3, -0.25) is 0 Å². The van der Waals surface area contributed by atoms with Gasteiger partial charge in [-0.05, 0) is 24.3 Å². The number of hydrogen-bond acceptors (Lipinski definition) is 4. The molecule has 18 heavy (non-hydrogen) atoms. The topological polar surface area (TPSA) is 93.6 Å². The van der Waals surface area contributed by atoms with E-state index in [0.717, 1.165) is 11.1 Å². The number of hydrogen-bond donors (Lipinski definition) is 3. The van der Waals surface area contributed by atoms with E-state index >= 15 is 0 Å². The zero-order valence-corrected chi connectivity index (χ0v) is 10.1. The van der Waals surface area contributed by atoms with Crippen molar-refractivity contribution in [3.63, 3.8) is 0 Å². The largest absolute Gasteiger partial charge is 0.399 e. The summed E-state index contributed by atoms with van der Waals surface area (Å²) in [6.45, 7) is 0. The second-order valence-electron chi connectivity index (χ2n) is 3.96. The lowest BCUT2D eigenvalue weighted by molar-refractivity contribution is 1.30. The predicted octanol–water partition coefficient (Wildman–Crippen LogP) is 2.44. The number of pyridine rings is 1. The summed E-state index contributed by atoms with van der Waals surface area (Å²) in [5, 5.41) is 0.580. The van der Waals surface area contributed by atoms with E-state index in [1.807, 2.05) is 0 Å². The molecular weight excluding hydrogens is 250 g/mol. The van der Waals surface area contributed by atoms with Crippen molar-refractivity contribution in [1.29, 1.82) is 0 Å². The van der Waals surface area contributed by atoms with Crippen molar-refractivity contribution < 1.29 is 0 Å². The highest BCUT2D eigenvalue weighted by molar-refractivity contribution is 6.33. The highest BCUT2D eigenvalue weighted by atomic mass is 35.5. The van der Waals surface area contributed by atoms with Crippen molar-refractivity contribution in [2.45, 2.75) is 0 Å². The van der Waals surface area contributed by atoms with Crippen molar-refractivity contribution in [2.75, 3.05) is 11.5 Å². The maximum Gasteiger partial charge on any atom is 0.178 e. The van der Waals surface area contributed by atoms with Crippen molar-refractivity contribution in [3.05, 3.63) is 35.5 Å².